The van der Waals surface area contributed by atoms with E-state index < -0.39 is 0 Å². The maximum absolute atomic E-state index is 11.5. The summed E-state index contributed by atoms with van der Waals surface area (Å²) in [6.45, 7) is 3.79. The summed E-state index contributed by atoms with van der Waals surface area (Å²) in [5.41, 5.74) is 5.87. The molecule has 0 unspecified atom stereocenters. The van der Waals surface area contributed by atoms with Crippen molar-refractivity contribution in [2.75, 3.05) is 5.32 Å². The monoisotopic (exact) mass is 306 g/mol. The second-order valence-electron chi connectivity index (χ2n) is 5.91. The highest BCUT2D eigenvalue weighted by Crippen LogP contribution is 2.26. The Morgan fingerprint density at radius 2 is 2.09 bits per heavy atom. The number of amides is 1. The fourth-order valence-corrected chi connectivity index (χ4v) is 3.09. The third-order valence-electron chi connectivity index (χ3n) is 4.38. The molecular formula is C18H18N4O. The summed E-state index contributed by atoms with van der Waals surface area (Å²) in [5.74, 6) is 0.128. The largest absolute Gasteiger partial charge is 0.381 e. The predicted octanol–water partition coefficient (Wildman–Crippen LogP) is 2.81. The molecule has 0 bridgehead atoms. The first-order chi connectivity index (χ1) is 11.2. The predicted molar refractivity (Wildman–Crippen MR) is 88.9 cm³/mol. The minimum absolute atomic E-state index is 0.128. The average molecular weight is 306 g/mol. The Bertz CT molecular complexity index is 884. The number of aromatic nitrogens is 2. The number of hydrogen-bond donors (Lipinski definition) is 1. The van der Waals surface area contributed by atoms with E-state index in [4.69, 9.17) is 0 Å². The van der Waals surface area contributed by atoms with Crippen molar-refractivity contribution in [3.8, 4) is 0 Å². The summed E-state index contributed by atoms with van der Waals surface area (Å²) in [6.07, 6.45) is 3.76. The zero-order chi connectivity index (χ0) is 15.8. The molecule has 1 aliphatic rings. The van der Waals surface area contributed by atoms with Crippen molar-refractivity contribution < 1.29 is 4.79 Å². The topological polar surface area (TPSA) is 49.6 Å². The van der Waals surface area contributed by atoms with E-state index in [1.165, 1.54) is 16.7 Å². The summed E-state index contributed by atoms with van der Waals surface area (Å²) >= 11 is 0. The molecule has 5 nitrogen and oxygen atoms in total. The first-order valence-electron chi connectivity index (χ1n) is 7.73. The Kier molecular flexibility index (Phi) is 3.26. The second-order valence-corrected chi connectivity index (χ2v) is 5.91. The molecule has 23 heavy (non-hydrogen) atoms. The molecule has 0 saturated heterocycles. The van der Waals surface area contributed by atoms with Crippen LogP contribution in [0.1, 0.15) is 23.6 Å². The maximum atomic E-state index is 11.5. The maximum Gasteiger partial charge on any atom is 0.220 e. The smallest absolute Gasteiger partial charge is 0.220 e. The average Bonchev–Trinajstić information content (AvgIpc) is 3.18. The second kappa shape index (κ2) is 5.43. The molecule has 0 saturated carbocycles. The lowest BCUT2D eigenvalue weighted by Gasteiger charge is -2.11. The molecule has 0 spiro atoms. The van der Waals surface area contributed by atoms with Gasteiger partial charge in [0, 0.05) is 44.6 Å². The van der Waals surface area contributed by atoms with Gasteiger partial charge >= 0.3 is 0 Å². The summed E-state index contributed by atoms with van der Waals surface area (Å²) in [7, 11) is 0. The number of rotatable bonds is 3. The molecule has 3 heterocycles. The quantitative estimate of drug-likeness (QED) is 0.809. The number of carbonyl (C=O) groups is 1. The van der Waals surface area contributed by atoms with Gasteiger partial charge in [-0.05, 0) is 41.0 Å². The van der Waals surface area contributed by atoms with Crippen molar-refractivity contribution >= 4 is 17.1 Å². The van der Waals surface area contributed by atoms with Gasteiger partial charge in [0.2, 0.25) is 5.91 Å². The van der Waals surface area contributed by atoms with Gasteiger partial charge in [-0.1, -0.05) is 12.1 Å². The van der Waals surface area contributed by atoms with E-state index in [0.29, 0.717) is 6.54 Å². The standard InChI is InChI=1S/C18H18N4O/c1-13(23)21-11-15-4-5-17(9-16(15)12-21)19-10-14-3-2-8-22-18(14)6-7-20-22/h2-9,19H,10-12H2,1H3. The lowest BCUT2D eigenvalue weighted by molar-refractivity contribution is -0.129. The number of benzene rings is 1. The lowest BCUT2D eigenvalue weighted by Crippen LogP contribution is -2.21. The number of anilines is 1. The van der Waals surface area contributed by atoms with Crippen LogP contribution in [0.4, 0.5) is 5.69 Å². The van der Waals surface area contributed by atoms with Crippen LogP contribution < -0.4 is 5.32 Å². The van der Waals surface area contributed by atoms with Gasteiger partial charge in [0.15, 0.2) is 0 Å². The van der Waals surface area contributed by atoms with E-state index in [-0.39, 0.29) is 5.91 Å². The van der Waals surface area contributed by atoms with Crippen molar-refractivity contribution in [1.82, 2.24) is 14.5 Å². The minimum Gasteiger partial charge on any atom is -0.381 e. The Morgan fingerprint density at radius 1 is 1.22 bits per heavy atom. The van der Waals surface area contributed by atoms with E-state index in [9.17, 15) is 4.79 Å². The Morgan fingerprint density at radius 3 is 2.96 bits per heavy atom. The van der Waals surface area contributed by atoms with Crippen molar-refractivity contribution in [2.45, 2.75) is 26.6 Å². The molecule has 1 amide bonds. The van der Waals surface area contributed by atoms with Crippen LogP contribution in [0.25, 0.3) is 5.52 Å². The molecule has 116 valence electrons. The Hall–Kier alpha value is -2.82. The zero-order valence-corrected chi connectivity index (χ0v) is 13.0. The first-order valence-corrected chi connectivity index (χ1v) is 7.73. The molecule has 0 atom stereocenters. The fourth-order valence-electron chi connectivity index (χ4n) is 3.09. The van der Waals surface area contributed by atoms with E-state index >= 15 is 0 Å². The molecule has 1 aliphatic heterocycles. The van der Waals surface area contributed by atoms with Crippen molar-refractivity contribution in [1.29, 1.82) is 0 Å². The van der Waals surface area contributed by atoms with Gasteiger partial charge in [0.25, 0.3) is 0 Å². The summed E-state index contributed by atoms with van der Waals surface area (Å²) < 4.78 is 1.88. The molecule has 1 aromatic carbocycles. The van der Waals surface area contributed by atoms with Gasteiger partial charge < -0.3 is 10.2 Å². The highest BCUT2D eigenvalue weighted by atomic mass is 16.2. The minimum atomic E-state index is 0.128. The van der Waals surface area contributed by atoms with E-state index in [1.807, 2.05) is 33.9 Å². The molecule has 2 aromatic heterocycles. The molecular weight excluding hydrogens is 288 g/mol. The zero-order valence-electron chi connectivity index (χ0n) is 13.0. The molecule has 4 rings (SSSR count). The van der Waals surface area contributed by atoms with Gasteiger partial charge in [-0.25, -0.2) is 4.52 Å². The summed E-state index contributed by atoms with van der Waals surface area (Å²) in [6, 6.07) is 12.5. The number of pyridine rings is 1. The third-order valence-corrected chi connectivity index (χ3v) is 4.38. The number of nitrogens with one attached hydrogen (secondary N) is 1. The molecule has 3 aromatic rings. The van der Waals surface area contributed by atoms with Gasteiger partial charge in [-0.15, -0.1) is 0 Å². The number of carbonyl (C=O) groups excluding carboxylic acids is 1. The highest BCUT2D eigenvalue weighted by molar-refractivity contribution is 5.74. The lowest BCUT2D eigenvalue weighted by atomic mass is 10.1. The molecule has 0 radical (unpaired) electrons. The third kappa shape index (κ3) is 2.54. The van der Waals surface area contributed by atoms with Crippen LogP contribution in [-0.4, -0.2) is 20.4 Å². The molecule has 0 fully saturated rings. The Labute approximate surface area is 134 Å². The first kappa shape index (κ1) is 13.8. The number of nitrogens with zero attached hydrogens (tertiary/aromatic N) is 3. The van der Waals surface area contributed by atoms with Crippen molar-refractivity contribution in [2.24, 2.45) is 0 Å². The van der Waals surface area contributed by atoms with Crippen LogP contribution in [0.15, 0.2) is 48.8 Å². The highest BCUT2D eigenvalue weighted by Gasteiger charge is 2.20. The summed E-state index contributed by atoms with van der Waals surface area (Å²) in [5, 5.41) is 7.73. The van der Waals surface area contributed by atoms with Gasteiger partial charge in [-0.3, -0.25) is 4.79 Å². The van der Waals surface area contributed by atoms with E-state index in [2.05, 4.69) is 34.7 Å². The van der Waals surface area contributed by atoms with Gasteiger partial charge in [0.05, 0.1) is 5.52 Å². The van der Waals surface area contributed by atoms with Gasteiger partial charge in [0.1, 0.15) is 0 Å². The van der Waals surface area contributed by atoms with Crippen LogP contribution in [0.3, 0.4) is 0 Å². The van der Waals surface area contributed by atoms with Crippen LogP contribution in [0, 0.1) is 0 Å². The summed E-state index contributed by atoms with van der Waals surface area (Å²) in [4.78, 5) is 13.4. The number of fused-ring (bicyclic) bond motifs is 2. The van der Waals surface area contributed by atoms with E-state index in [1.54, 1.807) is 6.92 Å². The molecule has 5 heteroatoms. The fraction of sp³-hybridized carbons (Fsp3) is 0.222. The SMILES string of the molecule is CC(=O)N1Cc2ccc(NCc3cccn4nccc34)cc2C1. The van der Waals surface area contributed by atoms with Crippen LogP contribution >= 0.6 is 0 Å². The van der Waals surface area contributed by atoms with Crippen molar-refractivity contribution in [3.63, 3.8) is 0 Å². The Balaban J connectivity index is 1.52. The van der Waals surface area contributed by atoms with Crippen LogP contribution in [0.5, 0.6) is 0 Å². The van der Waals surface area contributed by atoms with E-state index in [0.717, 1.165) is 24.3 Å². The van der Waals surface area contributed by atoms with Crippen LogP contribution in [-0.2, 0) is 24.4 Å². The number of hydrogen-bond acceptors (Lipinski definition) is 3. The van der Waals surface area contributed by atoms with Crippen molar-refractivity contribution in [3.05, 3.63) is 65.5 Å². The van der Waals surface area contributed by atoms with Crippen LogP contribution in [0.2, 0.25) is 0 Å². The normalized spacial score (nSPS) is 13.3. The molecule has 1 N–H and O–H groups in total. The van der Waals surface area contributed by atoms with Gasteiger partial charge in [-0.2, -0.15) is 5.10 Å². The molecule has 0 aliphatic carbocycles.